The molecule has 1 aromatic heterocycles. The zero-order valence-corrected chi connectivity index (χ0v) is 12.6. The second-order valence-corrected chi connectivity index (χ2v) is 4.74. The van der Waals surface area contributed by atoms with Crippen LogP contribution in [0.4, 0.5) is 0 Å². The number of aromatic nitrogens is 1. The number of aliphatic carboxylic acids is 1. The van der Waals surface area contributed by atoms with Gasteiger partial charge in [0.15, 0.2) is 0 Å². The second kappa shape index (κ2) is 6.34. The van der Waals surface area contributed by atoms with Gasteiger partial charge in [-0.25, -0.2) is 0 Å². The molecule has 0 aliphatic rings. The Hall–Kier alpha value is -2.76. The van der Waals surface area contributed by atoms with Crippen LogP contribution in [0.15, 0.2) is 35.1 Å². The van der Waals surface area contributed by atoms with Crippen molar-refractivity contribution in [2.75, 3.05) is 14.2 Å². The topological polar surface area (TPSA) is 77.8 Å². The standard InChI is InChI=1S/C16H17NO5/c1-17-13(6-4-10(16(17)20)8-15(18)19)12-9-11(21-2)5-7-14(12)22-3/h4-7,9H,8H2,1-3H3,(H,18,19). The molecule has 1 heterocycles. The van der Waals surface area contributed by atoms with E-state index in [1.54, 1.807) is 45.5 Å². The van der Waals surface area contributed by atoms with Gasteiger partial charge in [-0.15, -0.1) is 0 Å². The van der Waals surface area contributed by atoms with E-state index in [0.29, 0.717) is 22.8 Å². The number of pyridine rings is 1. The number of rotatable bonds is 5. The molecule has 116 valence electrons. The third-order valence-corrected chi connectivity index (χ3v) is 3.41. The maximum Gasteiger partial charge on any atom is 0.308 e. The van der Waals surface area contributed by atoms with Gasteiger partial charge in [0.2, 0.25) is 0 Å². The highest BCUT2D eigenvalue weighted by atomic mass is 16.5. The number of methoxy groups -OCH3 is 2. The van der Waals surface area contributed by atoms with Gasteiger partial charge in [0, 0.05) is 18.2 Å². The van der Waals surface area contributed by atoms with Crippen molar-refractivity contribution in [1.29, 1.82) is 0 Å². The molecule has 0 fully saturated rings. The Morgan fingerprint density at radius 1 is 1.18 bits per heavy atom. The van der Waals surface area contributed by atoms with E-state index in [1.165, 1.54) is 10.6 Å². The molecule has 1 N–H and O–H groups in total. The highest BCUT2D eigenvalue weighted by Gasteiger charge is 2.14. The molecule has 0 spiro atoms. The molecule has 2 aromatic rings. The normalized spacial score (nSPS) is 10.3. The van der Waals surface area contributed by atoms with Crippen molar-refractivity contribution in [3.05, 3.63) is 46.2 Å². The number of nitrogens with zero attached hydrogens (tertiary/aromatic N) is 1. The highest BCUT2D eigenvalue weighted by molar-refractivity contribution is 5.72. The van der Waals surface area contributed by atoms with E-state index < -0.39 is 5.97 Å². The lowest BCUT2D eigenvalue weighted by atomic mass is 10.1. The molecule has 0 aliphatic heterocycles. The fraction of sp³-hybridized carbons (Fsp3) is 0.250. The van der Waals surface area contributed by atoms with E-state index in [0.717, 1.165) is 0 Å². The Morgan fingerprint density at radius 2 is 1.91 bits per heavy atom. The summed E-state index contributed by atoms with van der Waals surface area (Å²) < 4.78 is 11.9. The Bertz CT molecular complexity index is 764. The van der Waals surface area contributed by atoms with Gasteiger partial charge in [0.1, 0.15) is 11.5 Å². The first-order valence-corrected chi connectivity index (χ1v) is 6.61. The lowest BCUT2D eigenvalue weighted by Crippen LogP contribution is -2.24. The van der Waals surface area contributed by atoms with Crippen molar-refractivity contribution in [3.8, 4) is 22.8 Å². The number of carbonyl (C=O) groups is 1. The number of benzene rings is 1. The van der Waals surface area contributed by atoms with Crippen molar-refractivity contribution in [1.82, 2.24) is 4.57 Å². The fourth-order valence-electron chi connectivity index (χ4n) is 2.27. The van der Waals surface area contributed by atoms with Gasteiger partial charge >= 0.3 is 5.97 Å². The third-order valence-electron chi connectivity index (χ3n) is 3.41. The summed E-state index contributed by atoms with van der Waals surface area (Å²) in [6, 6.07) is 8.52. The highest BCUT2D eigenvalue weighted by Crippen LogP contribution is 2.32. The Kier molecular flexibility index (Phi) is 4.50. The maximum atomic E-state index is 12.3. The maximum absolute atomic E-state index is 12.3. The molecule has 22 heavy (non-hydrogen) atoms. The molecule has 0 saturated carbocycles. The van der Waals surface area contributed by atoms with E-state index in [2.05, 4.69) is 0 Å². The lowest BCUT2D eigenvalue weighted by Gasteiger charge is -2.14. The Labute approximate surface area is 127 Å². The zero-order chi connectivity index (χ0) is 16.3. The summed E-state index contributed by atoms with van der Waals surface area (Å²) in [6.07, 6.45) is -0.303. The first-order chi connectivity index (χ1) is 10.5. The van der Waals surface area contributed by atoms with Crippen molar-refractivity contribution in [3.63, 3.8) is 0 Å². The van der Waals surface area contributed by atoms with Crippen LogP contribution >= 0.6 is 0 Å². The smallest absolute Gasteiger partial charge is 0.308 e. The van der Waals surface area contributed by atoms with Crippen LogP contribution in [0.25, 0.3) is 11.3 Å². The van der Waals surface area contributed by atoms with Gasteiger partial charge in [-0.05, 0) is 24.3 Å². The predicted molar refractivity (Wildman–Crippen MR) is 81.6 cm³/mol. The van der Waals surface area contributed by atoms with Gasteiger partial charge < -0.3 is 19.1 Å². The van der Waals surface area contributed by atoms with Crippen LogP contribution in [0.1, 0.15) is 5.56 Å². The van der Waals surface area contributed by atoms with E-state index in [9.17, 15) is 9.59 Å². The van der Waals surface area contributed by atoms with Crippen LogP contribution in [0.5, 0.6) is 11.5 Å². The van der Waals surface area contributed by atoms with Crippen LogP contribution in [-0.4, -0.2) is 29.9 Å². The molecule has 0 radical (unpaired) electrons. The van der Waals surface area contributed by atoms with E-state index >= 15 is 0 Å². The molecule has 6 nitrogen and oxygen atoms in total. The minimum Gasteiger partial charge on any atom is -0.497 e. The quantitative estimate of drug-likeness (QED) is 0.909. The monoisotopic (exact) mass is 303 g/mol. The van der Waals surface area contributed by atoms with Crippen molar-refractivity contribution in [2.24, 2.45) is 7.05 Å². The molecule has 2 rings (SSSR count). The van der Waals surface area contributed by atoms with Crippen molar-refractivity contribution < 1.29 is 19.4 Å². The first-order valence-electron chi connectivity index (χ1n) is 6.61. The minimum absolute atomic E-state index is 0.237. The average Bonchev–Trinajstić information content (AvgIpc) is 2.51. The first kappa shape index (κ1) is 15.6. The van der Waals surface area contributed by atoms with Gasteiger partial charge in [0.05, 0.1) is 26.3 Å². The predicted octanol–water partition coefficient (Wildman–Crippen LogP) is 1.70. The number of hydrogen-bond acceptors (Lipinski definition) is 4. The van der Waals surface area contributed by atoms with Gasteiger partial charge in [-0.3, -0.25) is 9.59 Å². The Morgan fingerprint density at radius 3 is 2.50 bits per heavy atom. The van der Waals surface area contributed by atoms with Crippen LogP contribution in [-0.2, 0) is 18.3 Å². The summed E-state index contributed by atoms with van der Waals surface area (Å²) in [4.78, 5) is 23.1. The van der Waals surface area contributed by atoms with Crippen molar-refractivity contribution >= 4 is 5.97 Å². The Balaban J connectivity index is 2.61. The summed E-state index contributed by atoms with van der Waals surface area (Å²) >= 11 is 0. The summed E-state index contributed by atoms with van der Waals surface area (Å²) in [5, 5.41) is 8.83. The number of ether oxygens (including phenoxy) is 2. The minimum atomic E-state index is -1.04. The number of hydrogen-bond donors (Lipinski definition) is 1. The molecule has 0 atom stereocenters. The molecule has 0 bridgehead atoms. The van der Waals surface area contributed by atoms with Crippen LogP contribution in [0.2, 0.25) is 0 Å². The molecule has 1 aromatic carbocycles. The second-order valence-electron chi connectivity index (χ2n) is 4.74. The summed E-state index contributed by atoms with van der Waals surface area (Å²) in [5.74, 6) is 0.198. The molecule has 0 saturated heterocycles. The van der Waals surface area contributed by atoms with E-state index in [1.807, 2.05) is 0 Å². The van der Waals surface area contributed by atoms with Gasteiger partial charge in [0.25, 0.3) is 5.56 Å². The van der Waals surface area contributed by atoms with Crippen molar-refractivity contribution in [2.45, 2.75) is 6.42 Å². The van der Waals surface area contributed by atoms with Gasteiger partial charge in [-0.2, -0.15) is 0 Å². The van der Waals surface area contributed by atoms with Crippen LogP contribution in [0, 0.1) is 0 Å². The molecule has 0 aliphatic carbocycles. The van der Waals surface area contributed by atoms with E-state index in [4.69, 9.17) is 14.6 Å². The summed E-state index contributed by atoms with van der Waals surface area (Å²) in [6.45, 7) is 0. The number of carboxylic acid groups (broad SMARTS) is 1. The SMILES string of the molecule is COc1ccc(OC)c(-c2ccc(CC(=O)O)c(=O)n2C)c1. The molecular formula is C16H17NO5. The average molecular weight is 303 g/mol. The third kappa shape index (κ3) is 2.95. The van der Waals surface area contributed by atoms with E-state index in [-0.39, 0.29) is 17.5 Å². The summed E-state index contributed by atoms with van der Waals surface area (Å²) in [5.41, 5.74) is 1.21. The fourth-order valence-corrected chi connectivity index (χ4v) is 2.27. The molecular weight excluding hydrogens is 286 g/mol. The largest absolute Gasteiger partial charge is 0.497 e. The summed E-state index contributed by atoms with van der Waals surface area (Å²) in [7, 11) is 4.70. The van der Waals surface area contributed by atoms with Gasteiger partial charge in [-0.1, -0.05) is 6.07 Å². The molecule has 6 heteroatoms. The molecule has 0 unspecified atom stereocenters. The van der Waals surface area contributed by atoms with Crippen LogP contribution < -0.4 is 15.0 Å². The zero-order valence-electron chi connectivity index (χ0n) is 12.6. The van der Waals surface area contributed by atoms with Crippen LogP contribution in [0.3, 0.4) is 0 Å². The number of carboxylic acids is 1. The lowest BCUT2D eigenvalue weighted by molar-refractivity contribution is -0.136. The molecule has 0 amide bonds.